The maximum atomic E-state index is 14.3. The molecule has 0 nitrogen and oxygen atoms in total. The van der Waals surface area contributed by atoms with Gasteiger partial charge >= 0.3 is 5.92 Å². The predicted molar refractivity (Wildman–Crippen MR) is 64.3 cm³/mol. The second-order valence-electron chi connectivity index (χ2n) is 4.81. The molecular weight excluding hydrogens is 256 g/mol. The summed E-state index contributed by atoms with van der Waals surface area (Å²) in [6.45, 7) is 2.83. The van der Waals surface area contributed by atoms with Crippen LogP contribution in [0.5, 0.6) is 0 Å². The second-order valence-corrected chi connectivity index (χ2v) is 4.81. The average molecular weight is 266 g/mol. The summed E-state index contributed by atoms with van der Waals surface area (Å²) in [5.41, 5.74) is -1.03. The SMILES string of the molecule is Cc1ccc2c(c1F)C(F)(F)c1c-2ccc(C)c1F. The Morgan fingerprint density at radius 1 is 0.737 bits per heavy atom. The Morgan fingerprint density at radius 2 is 1.11 bits per heavy atom. The smallest absolute Gasteiger partial charge is 0.206 e. The minimum atomic E-state index is -3.63. The lowest BCUT2D eigenvalue weighted by Gasteiger charge is -2.15. The van der Waals surface area contributed by atoms with Crippen molar-refractivity contribution in [1.82, 2.24) is 0 Å². The van der Waals surface area contributed by atoms with E-state index in [4.69, 9.17) is 0 Å². The summed E-state index contributed by atoms with van der Waals surface area (Å²) in [6, 6.07) is 5.69. The fourth-order valence-electron chi connectivity index (χ4n) is 2.55. The van der Waals surface area contributed by atoms with Gasteiger partial charge in [-0.3, -0.25) is 0 Å². The summed E-state index contributed by atoms with van der Waals surface area (Å²) in [7, 11) is 0. The Balaban J connectivity index is 2.46. The van der Waals surface area contributed by atoms with Gasteiger partial charge in [-0.15, -0.1) is 0 Å². The molecular formula is C15H10F4. The van der Waals surface area contributed by atoms with Gasteiger partial charge in [0.05, 0.1) is 11.1 Å². The average Bonchev–Trinajstić information content (AvgIpc) is 2.58. The van der Waals surface area contributed by atoms with Gasteiger partial charge in [-0.25, -0.2) is 8.78 Å². The van der Waals surface area contributed by atoms with Gasteiger partial charge in [-0.2, -0.15) is 8.78 Å². The Morgan fingerprint density at radius 3 is 1.47 bits per heavy atom. The summed E-state index contributed by atoms with van der Waals surface area (Å²) < 4.78 is 56.6. The molecule has 1 aliphatic rings. The van der Waals surface area contributed by atoms with Crippen LogP contribution in [0, 0.1) is 25.5 Å². The normalized spacial score (nSPS) is 15.3. The minimum absolute atomic E-state index is 0.0713. The van der Waals surface area contributed by atoms with Crippen molar-refractivity contribution < 1.29 is 17.6 Å². The van der Waals surface area contributed by atoms with E-state index in [1.54, 1.807) is 0 Å². The lowest BCUT2D eigenvalue weighted by atomic mass is 10.0. The molecule has 19 heavy (non-hydrogen) atoms. The molecule has 0 saturated carbocycles. The van der Waals surface area contributed by atoms with Crippen molar-refractivity contribution in [3.8, 4) is 11.1 Å². The van der Waals surface area contributed by atoms with Gasteiger partial charge in [0.25, 0.3) is 0 Å². The highest BCUT2D eigenvalue weighted by Gasteiger charge is 2.49. The highest BCUT2D eigenvalue weighted by Crippen LogP contribution is 2.53. The van der Waals surface area contributed by atoms with Gasteiger partial charge < -0.3 is 0 Å². The van der Waals surface area contributed by atoms with Crippen molar-refractivity contribution in [3.05, 3.63) is 58.2 Å². The van der Waals surface area contributed by atoms with E-state index in [1.165, 1.54) is 38.1 Å². The summed E-state index contributed by atoms with van der Waals surface area (Å²) in [5.74, 6) is -5.55. The number of rotatable bonds is 0. The molecule has 0 radical (unpaired) electrons. The monoisotopic (exact) mass is 266 g/mol. The van der Waals surface area contributed by atoms with Crippen LogP contribution in [0.25, 0.3) is 11.1 Å². The highest BCUT2D eigenvalue weighted by atomic mass is 19.3. The van der Waals surface area contributed by atoms with E-state index in [9.17, 15) is 17.6 Å². The Kier molecular flexibility index (Phi) is 2.31. The van der Waals surface area contributed by atoms with Crippen molar-refractivity contribution in [2.24, 2.45) is 0 Å². The quantitative estimate of drug-likeness (QED) is 0.606. The molecule has 0 spiro atoms. The molecule has 0 heterocycles. The molecule has 98 valence electrons. The third-order valence-corrected chi connectivity index (χ3v) is 3.59. The topological polar surface area (TPSA) is 0 Å². The summed E-state index contributed by atoms with van der Waals surface area (Å²) in [5, 5.41) is 0. The molecule has 0 bridgehead atoms. The molecule has 0 N–H and O–H groups in total. The highest BCUT2D eigenvalue weighted by molar-refractivity contribution is 5.80. The zero-order valence-electron chi connectivity index (χ0n) is 10.3. The molecule has 3 rings (SSSR count). The zero-order valence-corrected chi connectivity index (χ0v) is 10.3. The van der Waals surface area contributed by atoms with Gasteiger partial charge in [0.2, 0.25) is 0 Å². The lowest BCUT2D eigenvalue weighted by molar-refractivity contribution is 0.0402. The number of aryl methyl sites for hydroxylation is 2. The Bertz CT molecular complexity index is 642. The zero-order chi connectivity index (χ0) is 13.9. The lowest BCUT2D eigenvalue weighted by Crippen LogP contribution is -2.16. The van der Waals surface area contributed by atoms with Gasteiger partial charge in [0.1, 0.15) is 11.6 Å². The molecule has 0 unspecified atom stereocenters. The standard InChI is InChI=1S/C15H10F4/c1-7-3-5-9-10-6-4-8(2)14(17)12(10)15(18,19)11(9)13(7)16/h3-6H,1-2H3. The van der Waals surface area contributed by atoms with Crippen molar-refractivity contribution >= 4 is 0 Å². The van der Waals surface area contributed by atoms with Crippen molar-refractivity contribution in [2.75, 3.05) is 0 Å². The summed E-state index contributed by atoms with van der Waals surface area (Å²) in [4.78, 5) is 0. The predicted octanol–water partition coefficient (Wildman–Crippen LogP) is 4.70. The van der Waals surface area contributed by atoms with Gasteiger partial charge in [-0.05, 0) is 36.1 Å². The van der Waals surface area contributed by atoms with E-state index in [0.717, 1.165) is 0 Å². The van der Waals surface area contributed by atoms with Crippen LogP contribution in [0.4, 0.5) is 17.6 Å². The van der Waals surface area contributed by atoms with Crippen LogP contribution in [0.1, 0.15) is 22.3 Å². The molecule has 1 aliphatic carbocycles. The van der Waals surface area contributed by atoms with Crippen LogP contribution in [-0.4, -0.2) is 0 Å². The molecule has 0 aromatic heterocycles. The number of benzene rings is 2. The van der Waals surface area contributed by atoms with Crippen LogP contribution >= 0.6 is 0 Å². The van der Waals surface area contributed by atoms with E-state index in [2.05, 4.69) is 0 Å². The van der Waals surface area contributed by atoms with Crippen LogP contribution in [0.2, 0.25) is 0 Å². The summed E-state index contributed by atoms with van der Waals surface area (Å²) >= 11 is 0. The number of fused-ring (bicyclic) bond motifs is 3. The third-order valence-electron chi connectivity index (χ3n) is 3.59. The molecule has 2 aromatic carbocycles. The van der Waals surface area contributed by atoms with Crippen LogP contribution < -0.4 is 0 Å². The molecule has 0 atom stereocenters. The molecule has 4 heteroatoms. The number of hydrogen-bond donors (Lipinski definition) is 0. The molecule has 0 saturated heterocycles. The van der Waals surface area contributed by atoms with Crippen molar-refractivity contribution in [3.63, 3.8) is 0 Å². The van der Waals surface area contributed by atoms with Crippen LogP contribution in [0.3, 0.4) is 0 Å². The maximum absolute atomic E-state index is 14.3. The molecule has 0 fully saturated rings. The second kappa shape index (κ2) is 3.59. The Hall–Kier alpha value is -1.84. The van der Waals surface area contributed by atoms with Crippen LogP contribution in [0.15, 0.2) is 24.3 Å². The Labute approximate surface area is 107 Å². The number of alkyl halides is 2. The van der Waals surface area contributed by atoms with Gasteiger partial charge in [0.15, 0.2) is 0 Å². The largest absolute Gasteiger partial charge is 0.305 e. The maximum Gasteiger partial charge on any atom is 0.305 e. The van der Waals surface area contributed by atoms with Gasteiger partial charge in [-0.1, -0.05) is 24.3 Å². The number of halogens is 4. The molecule has 2 aromatic rings. The van der Waals surface area contributed by atoms with Crippen LogP contribution in [-0.2, 0) is 5.92 Å². The molecule has 0 amide bonds. The van der Waals surface area contributed by atoms with E-state index in [-0.39, 0.29) is 22.3 Å². The fourth-order valence-corrected chi connectivity index (χ4v) is 2.55. The van der Waals surface area contributed by atoms with E-state index in [0.29, 0.717) is 0 Å². The number of hydrogen-bond acceptors (Lipinski definition) is 0. The first-order valence-corrected chi connectivity index (χ1v) is 5.83. The van der Waals surface area contributed by atoms with E-state index >= 15 is 0 Å². The summed E-state index contributed by atoms with van der Waals surface area (Å²) in [6.07, 6.45) is 0. The van der Waals surface area contributed by atoms with E-state index < -0.39 is 28.7 Å². The minimum Gasteiger partial charge on any atom is -0.206 e. The van der Waals surface area contributed by atoms with E-state index in [1.807, 2.05) is 0 Å². The van der Waals surface area contributed by atoms with Crippen molar-refractivity contribution in [1.29, 1.82) is 0 Å². The van der Waals surface area contributed by atoms with Gasteiger partial charge in [0, 0.05) is 0 Å². The molecule has 0 aliphatic heterocycles. The first-order valence-electron chi connectivity index (χ1n) is 5.83. The third kappa shape index (κ3) is 1.40. The first-order chi connectivity index (χ1) is 8.85. The fraction of sp³-hybridized carbons (Fsp3) is 0.200. The van der Waals surface area contributed by atoms with Crippen molar-refractivity contribution in [2.45, 2.75) is 19.8 Å². The first kappa shape index (κ1) is 12.2.